The van der Waals surface area contributed by atoms with E-state index in [0.29, 0.717) is 5.65 Å². The molecule has 2 aromatic heterocycles. The molecule has 0 radical (unpaired) electrons. The number of rotatable bonds is 2. The van der Waals surface area contributed by atoms with Gasteiger partial charge in [-0.25, -0.2) is 4.98 Å². The first-order chi connectivity index (χ1) is 10.8. The van der Waals surface area contributed by atoms with Crippen LogP contribution in [0.4, 0.5) is 0 Å². The van der Waals surface area contributed by atoms with Gasteiger partial charge < -0.3 is 25.0 Å². The molecular weight excluding hydrogens is 300 g/mol. The number of H-pyrrole nitrogens is 1. The van der Waals surface area contributed by atoms with Crippen molar-refractivity contribution in [1.29, 1.82) is 0 Å². The fourth-order valence-electron chi connectivity index (χ4n) is 3.00. The van der Waals surface area contributed by atoms with Crippen molar-refractivity contribution >= 4 is 11.0 Å². The van der Waals surface area contributed by atoms with Crippen LogP contribution in [0.15, 0.2) is 10.9 Å². The van der Waals surface area contributed by atoms with E-state index in [2.05, 4.69) is 9.97 Å². The van der Waals surface area contributed by atoms with Crippen molar-refractivity contribution in [2.24, 2.45) is 0 Å². The maximum Gasteiger partial charge on any atom is 0.255 e. The third-order valence-electron chi connectivity index (χ3n) is 4.69. The van der Waals surface area contributed by atoms with Gasteiger partial charge in [0.2, 0.25) is 0 Å². The summed E-state index contributed by atoms with van der Waals surface area (Å²) in [7, 11) is 0. The number of ether oxygens (including phenoxy) is 1. The molecule has 3 rings (SSSR count). The molecule has 0 aromatic carbocycles. The van der Waals surface area contributed by atoms with Gasteiger partial charge in [0.1, 0.15) is 30.1 Å². The van der Waals surface area contributed by atoms with Crippen LogP contribution in [0.5, 0.6) is 0 Å². The molecule has 0 aliphatic carbocycles. The highest BCUT2D eigenvalue weighted by molar-refractivity contribution is 5.80. The van der Waals surface area contributed by atoms with E-state index in [1.54, 1.807) is 6.07 Å². The molecule has 4 atom stereocenters. The number of hydrogen-bond donors (Lipinski definition) is 4. The number of hydrogen-bond acceptors (Lipinski definition) is 6. The van der Waals surface area contributed by atoms with E-state index >= 15 is 0 Å². The van der Waals surface area contributed by atoms with Gasteiger partial charge in [0.05, 0.1) is 6.61 Å². The smallest absolute Gasteiger partial charge is 0.255 e. The molecular formula is C16H20N2O5. The van der Waals surface area contributed by atoms with Crippen molar-refractivity contribution in [1.82, 2.24) is 9.97 Å². The third kappa shape index (κ3) is 2.46. The van der Waals surface area contributed by atoms with Crippen molar-refractivity contribution in [2.75, 3.05) is 6.61 Å². The van der Waals surface area contributed by atoms with Gasteiger partial charge in [-0.1, -0.05) is 0 Å². The Balaban J connectivity index is 2.16. The second-order valence-corrected chi connectivity index (χ2v) is 6.02. The summed E-state index contributed by atoms with van der Waals surface area (Å²) in [4.78, 5) is 19.4. The summed E-state index contributed by atoms with van der Waals surface area (Å²) in [5.74, 6) is 0. The highest BCUT2D eigenvalue weighted by Gasteiger charge is 2.44. The zero-order valence-electron chi connectivity index (χ0n) is 13.2. The second kappa shape index (κ2) is 5.68. The topological polar surface area (TPSA) is 116 Å². The van der Waals surface area contributed by atoms with Gasteiger partial charge >= 0.3 is 0 Å². The van der Waals surface area contributed by atoms with E-state index in [-0.39, 0.29) is 5.56 Å². The quantitative estimate of drug-likeness (QED) is 0.619. The fourth-order valence-corrected chi connectivity index (χ4v) is 3.00. The number of aliphatic hydroxyl groups excluding tert-OH is 3. The average molecular weight is 320 g/mol. The molecule has 23 heavy (non-hydrogen) atoms. The van der Waals surface area contributed by atoms with Crippen LogP contribution in [-0.4, -0.2) is 50.2 Å². The van der Waals surface area contributed by atoms with Crippen LogP contribution in [0.25, 0.3) is 11.0 Å². The molecule has 1 saturated heterocycles. The minimum atomic E-state index is -1.27. The molecule has 0 spiro atoms. The Morgan fingerprint density at radius 3 is 2.52 bits per heavy atom. The van der Waals surface area contributed by atoms with Crippen molar-refractivity contribution < 1.29 is 20.1 Å². The van der Waals surface area contributed by atoms with Crippen LogP contribution in [0, 0.1) is 20.8 Å². The molecule has 4 N–H and O–H groups in total. The average Bonchev–Trinajstić information content (AvgIpc) is 2.80. The SMILES string of the molecule is Cc1nc2[nH]c(=O)c([C@@H]3O[C@H](CO)C(O)[C@@H]3O)cc2c(C)c1C. The van der Waals surface area contributed by atoms with Gasteiger partial charge in [0.25, 0.3) is 5.56 Å². The Kier molecular flexibility index (Phi) is 3.97. The first kappa shape index (κ1) is 16.1. The van der Waals surface area contributed by atoms with Gasteiger partial charge in [-0.05, 0) is 38.0 Å². The van der Waals surface area contributed by atoms with Crippen LogP contribution in [0.1, 0.15) is 28.5 Å². The van der Waals surface area contributed by atoms with E-state index in [1.807, 2.05) is 20.8 Å². The Hall–Kier alpha value is -1.80. The van der Waals surface area contributed by atoms with E-state index < -0.39 is 36.6 Å². The number of nitrogens with one attached hydrogen (secondary N) is 1. The van der Waals surface area contributed by atoms with Crippen LogP contribution in [-0.2, 0) is 4.74 Å². The van der Waals surface area contributed by atoms with Gasteiger partial charge in [-0.2, -0.15) is 0 Å². The van der Waals surface area contributed by atoms with Gasteiger partial charge in [0.15, 0.2) is 0 Å². The summed E-state index contributed by atoms with van der Waals surface area (Å²) >= 11 is 0. The number of nitrogens with zero attached hydrogens (tertiary/aromatic N) is 1. The third-order valence-corrected chi connectivity index (χ3v) is 4.69. The molecule has 1 fully saturated rings. The predicted octanol–water partition coefficient (Wildman–Crippen LogP) is 0.00236. The highest BCUT2D eigenvalue weighted by Crippen LogP contribution is 2.33. The fraction of sp³-hybridized carbons (Fsp3) is 0.500. The first-order valence-corrected chi connectivity index (χ1v) is 7.48. The Labute approximate surface area is 132 Å². The lowest BCUT2D eigenvalue weighted by molar-refractivity contribution is -0.0231. The number of aromatic nitrogens is 2. The maximum atomic E-state index is 12.3. The van der Waals surface area contributed by atoms with Crippen molar-refractivity contribution in [2.45, 2.75) is 45.2 Å². The number of aliphatic hydroxyl groups is 3. The second-order valence-electron chi connectivity index (χ2n) is 6.02. The van der Waals surface area contributed by atoms with Gasteiger partial charge in [-0.15, -0.1) is 0 Å². The van der Waals surface area contributed by atoms with Gasteiger partial charge in [-0.3, -0.25) is 4.79 Å². The summed E-state index contributed by atoms with van der Waals surface area (Å²) < 4.78 is 5.45. The number of aryl methyl sites for hydroxylation is 2. The zero-order valence-corrected chi connectivity index (χ0v) is 13.2. The maximum absolute atomic E-state index is 12.3. The zero-order chi connectivity index (χ0) is 16.9. The lowest BCUT2D eigenvalue weighted by Crippen LogP contribution is -2.33. The van der Waals surface area contributed by atoms with Crippen molar-refractivity contribution in [3.8, 4) is 0 Å². The molecule has 0 amide bonds. The van der Waals surface area contributed by atoms with E-state index in [9.17, 15) is 20.1 Å². The van der Waals surface area contributed by atoms with Crippen LogP contribution >= 0.6 is 0 Å². The molecule has 0 saturated carbocycles. The Morgan fingerprint density at radius 1 is 1.22 bits per heavy atom. The minimum Gasteiger partial charge on any atom is -0.394 e. The molecule has 3 heterocycles. The Bertz CT molecular complexity index is 816. The molecule has 124 valence electrons. The molecule has 2 aromatic rings. The Morgan fingerprint density at radius 2 is 1.91 bits per heavy atom. The summed E-state index contributed by atoms with van der Waals surface area (Å²) in [6.45, 7) is 5.33. The summed E-state index contributed by atoms with van der Waals surface area (Å²) in [6, 6.07) is 1.64. The number of aromatic amines is 1. The molecule has 7 nitrogen and oxygen atoms in total. The van der Waals surface area contributed by atoms with E-state index in [0.717, 1.165) is 22.2 Å². The van der Waals surface area contributed by atoms with Crippen LogP contribution < -0.4 is 5.56 Å². The van der Waals surface area contributed by atoms with Gasteiger partial charge in [0, 0.05) is 16.6 Å². The molecule has 7 heteroatoms. The number of pyridine rings is 2. The van der Waals surface area contributed by atoms with E-state index in [1.165, 1.54) is 0 Å². The minimum absolute atomic E-state index is 0.216. The first-order valence-electron chi connectivity index (χ1n) is 7.48. The highest BCUT2D eigenvalue weighted by atomic mass is 16.6. The molecule has 1 aliphatic heterocycles. The predicted molar refractivity (Wildman–Crippen MR) is 83.3 cm³/mol. The summed E-state index contributed by atoms with van der Waals surface area (Å²) in [5, 5.41) is 29.9. The monoisotopic (exact) mass is 320 g/mol. The van der Waals surface area contributed by atoms with Crippen molar-refractivity contribution in [3.05, 3.63) is 38.8 Å². The summed E-state index contributed by atoms with van der Waals surface area (Å²) in [5.41, 5.74) is 3.11. The largest absolute Gasteiger partial charge is 0.394 e. The normalized spacial score (nSPS) is 27.7. The lowest BCUT2D eigenvalue weighted by atomic mass is 9.99. The van der Waals surface area contributed by atoms with Crippen molar-refractivity contribution in [3.63, 3.8) is 0 Å². The molecule has 1 unspecified atom stereocenters. The lowest BCUT2D eigenvalue weighted by Gasteiger charge is -2.16. The molecule has 0 bridgehead atoms. The number of fused-ring (bicyclic) bond motifs is 1. The summed E-state index contributed by atoms with van der Waals surface area (Å²) in [6.07, 6.45) is -4.41. The van der Waals surface area contributed by atoms with Crippen LogP contribution in [0.2, 0.25) is 0 Å². The van der Waals surface area contributed by atoms with E-state index in [4.69, 9.17) is 4.74 Å². The van der Waals surface area contributed by atoms with Crippen LogP contribution in [0.3, 0.4) is 0 Å². The molecule has 1 aliphatic rings. The standard InChI is InChI=1S/C16H20N2O5/c1-6-7(2)9-4-10(16(22)18-15(9)17-8(6)3)14-13(21)12(20)11(5-19)23-14/h4,11-14,19-21H,5H2,1-3H3,(H,17,18,22)/t11-,12?,13+,14+/m1/s1.